The Bertz CT molecular complexity index is 371. The van der Waals surface area contributed by atoms with E-state index in [1.54, 1.807) is 0 Å². The van der Waals surface area contributed by atoms with Crippen molar-refractivity contribution in [3.63, 3.8) is 0 Å². The zero-order valence-electron chi connectivity index (χ0n) is 6.65. The lowest BCUT2D eigenvalue weighted by atomic mass is 10.1. The maximum absolute atomic E-state index is 11.4. The molecule has 2 N–H and O–H groups in total. The molecule has 1 aromatic rings. The fourth-order valence-corrected chi connectivity index (χ4v) is 2.01. The van der Waals surface area contributed by atoms with Gasteiger partial charge in [0.05, 0.1) is 10.4 Å². The maximum atomic E-state index is 11.4. The van der Waals surface area contributed by atoms with Gasteiger partial charge >= 0.3 is 0 Å². The quantitative estimate of drug-likeness (QED) is 0.664. The summed E-state index contributed by atoms with van der Waals surface area (Å²) in [5, 5.41) is 0.508. The van der Waals surface area contributed by atoms with Crippen molar-refractivity contribution in [1.29, 1.82) is 0 Å². The van der Waals surface area contributed by atoms with Crippen LogP contribution in [0.2, 0.25) is 0 Å². The largest absolute Gasteiger partial charge is 0.481 e. The highest BCUT2D eigenvalue weighted by Gasteiger charge is 2.28. The molecule has 0 spiro atoms. The van der Waals surface area contributed by atoms with Gasteiger partial charge in [-0.1, -0.05) is 11.3 Å². The number of hydrogen-bond acceptors (Lipinski definition) is 5. The van der Waals surface area contributed by atoms with E-state index in [1.807, 2.05) is 0 Å². The molecule has 0 radical (unpaired) electrons. The van der Waals surface area contributed by atoms with E-state index < -0.39 is 6.04 Å². The van der Waals surface area contributed by atoms with Crippen LogP contribution in [0.5, 0.6) is 5.06 Å². The van der Waals surface area contributed by atoms with Crippen molar-refractivity contribution >= 4 is 23.4 Å². The van der Waals surface area contributed by atoms with Crippen LogP contribution in [0.1, 0.15) is 20.0 Å². The lowest BCUT2D eigenvalue weighted by molar-refractivity contribution is 0.0904. The van der Waals surface area contributed by atoms with Crippen molar-refractivity contribution in [2.24, 2.45) is 5.73 Å². The Morgan fingerprint density at radius 2 is 2.46 bits per heavy atom. The number of hydrogen-bond donors (Lipinski definition) is 1. The predicted molar refractivity (Wildman–Crippen MR) is 47.5 cm³/mol. The maximum Gasteiger partial charge on any atom is 0.187 e. The highest BCUT2D eigenvalue weighted by Crippen LogP contribution is 2.33. The first-order valence-electron chi connectivity index (χ1n) is 3.74. The first-order valence-corrected chi connectivity index (χ1v) is 4.55. The molecule has 0 amide bonds. The molecule has 2 rings (SSSR count). The van der Waals surface area contributed by atoms with Gasteiger partial charge in [-0.3, -0.25) is 9.59 Å². The minimum Gasteiger partial charge on any atom is -0.481 e. The number of rotatable bonds is 1. The minimum absolute atomic E-state index is 0.148. The molecule has 1 aromatic heterocycles. The monoisotopic (exact) mass is 197 g/mol. The van der Waals surface area contributed by atoms with Crippen molar-refractivity contribution < 1.29 is 14.3 Å². The molecular formula is C8H7NO3S. The summed E-state index contributed by atoms with van der Waals surface area (Å²) in [6.07, 6.45) is 0.700. The second-order valence-electron chi connectivity index (χ2n) is 2.75. The summed E-state index contributed by atoms with van der Waals surface area (Å²) in [4.78, 5) is 22.3. The molecule has 0 bridgehead atoms. The SMILES string of the molecule is NC1COc2sc(C=O)cc2C1=O. The Morgan fingerprint density at radius 1 is 1.69 bits per heavy atom. The average Bonchev–Trinajstić information content (AvgIpc) is 2.55. The van der Waals surface area contributed by atoms with Crippen molar-refractivity contribution in [3.8, 4) is 5.06 Å². The Labute approximate surface area is 78.3 Å². The Kier molecular flexibility index (Phi) is 1.90. The first-order chi connectivity index (χ1) is 6.22. The molecule has 0 fully saturated rings. The van der Waals surface area contributed by atoms with Gasteiger partial charge in [0.25, 0.3) is 0 Å². The van der Waals surface area contributed by atoms with Gasteiger partial charge in [-0.15, -0.1) is 0 Å². The lowest BCUT2D eigenvalue weighted by Gasteiger charge is -2.17. The third-order valence-corrected chi connectivity index (χ3v) is 2.80. The number of aldehydes is 1. The molecule has 0 aromatic carbocycles. The van der Waals surface area contributed by atoms with Crippen molar-refractivity contribution in [3.05, 3.63) is 16.5 Å². The standard InChI is InChI=1S/C8H7NO3S/c9-6-3-12-8-5(7(6)11)1-4(2-10)13-8/h1-2,6H,3,9H2. The molecule has 0 saturated heterocycles. The molecule has 0 saturated carbocycles. The third kappa shape index (κ3) is 1.26. The molecule has 68 valence electrons. The summed E-state index contributed by atoms with van der Waals surface area (Å²) >= 11 is 1.17. The highest BCUT2D eigenvalue weighted by molar-refractivity contribution is 7.15. The van der Waals surface area contributed by atoms with E-state index in [9.17, 15) is 9.59 Å². The van der Waals surface area contributed by atoms with Gasteiger partial charge in [0.2, 0.25) is 0 Å². The van der Waals surface area contributed by atoms with Crippen molar-refractivity contribution in [2.45, 2.75) is 6.04 Å². The van der Waals surface area contributed by atoms with Gasteiger partial charge in [0.15, 0.2) is 17.1 Å². The topological polar surface area (TPSA) is 69.4 Å². The molecule has 0 aliphatic carbocycles. The second-order valence-corrected chi connectivity index (χ2v) is 3.80. The normalized spacial score (nSPS) is 20.7. The number of carbonyl (C=O) groups is 2. The second kappa shape index (κ2) is 2.93. The van der Waals surface area contributed by atoms with Gasteiger partial charge in [-0.2, -0.15) is 0 Å². The summed E-state index contributed by atoms with van der Waals surface area (Å²) in [6, 6.07) is 0.926. The molecule has 5 heteroatoms. The fraction of sp³-hybridized carbons (Fsp3) is 0.250. The molecule has 4 nitrogen and oxygen atoms in total. The Morgan fingerprint density at radius 3 is 3.15 bits per heavy atom. The Hall–Kier alpha value is -1.20. The molecule has 1 aliphatic heterocycles. The van der Waals surface area contributed by atoms with Gasteiger partial charge in [0.1, 0.15) is 12.6 Å². The van der Waals surface area contributed by atoms with Crippen LogP contribution in [0, 0.1) is 0 Å². The number of ketones is 1. The van der Waals surface area contributed by atoms with Gasteiger partial charge < -0.3 is 10.5 Å². The number of nitrogens with two attached hydrogens (primary N) is 1. The molecule has 1 aliphatic rings. The van der Waals surface area contributed by atoms with Crippen LogP contribution in [-0.2, 0) is 0 Å². The number of thiophene rings is 1. The van der Waals surface area contributed by atoms with Gasteiger partial charge in [-0.25, -0.2) is 0 Å². The smallest absolute Gasteiger partial charge is 0.187 e. The molecule has 2 heterocycles. The van der Waals surface area contributed by atoms with E-state index in [2.05, 4.69) is 0 Å². The van der Waals surface area contributed by atoms with Crippen LogP contribution in [0.4, 0.5) is 0 Å². The summed E-state index contributed by atoms with van der Waals surface area (Å²) in [5.74, 6) is -0.148. The van der Waals surface area contributed by atoms with Crippen molar-refractivity contribution in [2.75, 3.05) is 6.61 Å². The summed E-state index contributed by atoms with van der Waals surface area (Å²) in [6.45, 7) is 0.199. The predicted octanol–water partition coefficient (Wildman–Crippen LogP) is 0.463. The van der Waals surface area contributed by atoms with Crippen LogP contribution in [0.15, 0.2) is 6.07 Å². The minimum atomic E-state index is -0.596. The Balaban J connectivity index is 2.47. The lowest BCUT2D eigenvalue weighted by Crippen LogP contribution is -2.39. The molecular weight excluding hydrogens is 190 g/mol. The van der Waals surface area contributed by atoms with Crippen LogP contribution in [0.25, 0.3) is 0 Å². The number of Topliss-reactive ketones (excluding diaryl/α,β-unsaturated/α-hetero) is 1. The summed E-state index contributed by atoms with van der Waals surface area (Å²) < 4.78 is 5.20. The van der Waals surface area contributed by atoms with E-state index in [0.717, 1.165) is 0 Å². The number of carbonyl (C=O) groups excluding carboxylic acids is 2. The van der Waals surface area contributed by atoms with Crippen LogP contribution >= 0.6 is 11.3 Å². The van der Waals surface area contributed by atoms with Crippen LogP contribution in [-0.4, -0.2) is 24.7 Å². The van der Waals surface area contributed by atoms with E-state index in [4.69, 9.17) is 10.5 Å². The number of ether oxygens (including phenoxy) is 1. The molecule has 1 atom stereocenters. The van der Waals surface area contributed by atoms with Crippen LogP contribution < -0.4 is 10.5 Å². The summed E-state index contributed by atoms with van der Waals surface area (Å²) in [5.41, 5.74) is 5.92. The van der Waals surface area contributed by atoms with E-state index >= 15 is 0 Å². The zero-order chi connectivity index (χ0) is 9.42. The van der Waals surface area contributed by atoms with Crippen LogP contribution in [0.3, 0.4) is 0 Å². The highest BCUT2D eigenvalue weighted by atomic mass is 32.1. The fourth-order valence-electron chi connectivity index (χ4n) is 1.17. The zero-order valence-corrected chi connectivity index (χ0v) is 7.47. The molecule has 1 unspecified atom stereocenters. The van der Waals surface area contributed by atoms with Gasteiger partial charge in [0, 0.05) is 0 Å². The average molecular weight is 197 g/mol. The van der Waals surface area contributed by atoms with Crippen molar-refractivity contribution in [1.82, 2.24) is 0 Å². The van der Waals surface area contributed by atoms with E-state index in [1.165, 1.54) is 17.4 Å². The van der Waals surface area contributed by atoms with E-state index in [-0.39, 0.29) is 12.4 Å². The molecule has 13 heavy (non-hydrogen) atoms. The first kappa shape index (κ1) is 8.40. The summed E-state index contributed by atoms with van der Waals surface area (Å²) in [7, 11) is 0. The van der Waals surface area contributed by atoms with Gasteiger partial charge in [-0.05, 0) is 6.07 Å². The number of fused-ring (bicyclic) bond motifs is 1. The third-order valence-electron chi connectivity index (χ3n) is 1.83. The van der Waals surface area contributed by atoms with E-state index in [0.29, 0.717) is 21.8 Å².